The van der Waals surface area contributed by atoms with E-state index in [-0.39, 0.29) is 23.1 Å². The zero-order valence-corrected chi connectivity index (χ0v) is 17.4. The lowest BCUT2D eigenvalue weighted by Gasteiger charge is -2.33. The number of H-pyrrole nitrogens is 1. The first-order valence-electron chi connectivity index (χ1n) is 9.37. The number of hydrogen-bond donors (Lipinski definition) is 2. The Morgan fingerprint density at radius 1 is 1.28 bits per heavy atom. The Morgan fingerprint density at radius 2 is 2.00 bits per heavy atom. The fourth-order valence-electron chi connectivity index (χ4n) is 3.83. The monoisotopic (exact) mass is 421 g/mol. The van der Waals surface area contributed by atoms with Crippen molar-refractivity contribution >= 4 is 21.7 Å². The summed E-state index contributed by atoms with van der Waals surface area (Å²) >= 11 is 0. The molecule has 0 aliphatic carbocycles. The van der Waals surface area contributed by atoms with E-state index in [4.69, 9.17) is 0 Å². The van der Waals surface area contributed by atoms with Gasteiger partial charge in [-0.2, -0.15) is 0 Å². The first-order valence-corrected chi connectivity index (χ1v) is 10.9. The standard InChI is InChI=1S/C20H24FN3O4S/c1-12-18(14(3)25)13(2)22-19(12)20(26)24-9-5-7-16(11-24)23-29(27,28)17-8-4-6-15(21)10-17/h4,6,8,10,16,22-23H,5,7,9,11H2,1-3H3. The van der Waals surface area contributed by atoms with Gasteiger partial charge in [0.2, 0.25) is 10.0 Å². The Hall–Kier alpha value is -2.52. The van der Waals surface area contributed by atoms with Gasteiger partial charge in [-0.1, -0.05) is 6.07 Å². The number of benzene rings is 1. The van der Waals surface area contributed by atoms with Gasteiger partial charge in [0.05, 0.1) is 4.90 Å². The van der Waals surface area contributed by atoms with E-state index in [0.29, 0.717) is 41.9 Å². The minimum absolute atomic E-state index is 0.116. The number of nitrogens with one attached hydrogen (secondary N) is 2. The Morgan fingerprint density at radius 3 is 2.62 bits per heavy atom. The van der Waals surface area contributed by atoms with Gasteiger partial charge in [-0.05, 0) is 57.4 Å². The van der Waals surface area contributed by atoms with Crippen molar-refractivity contribution in [1.29, 1.82) is 0 Å². The molecule has 3 rings (SSSR count). The van der Waals surface area contributed by atoms with Crippen molar-refractivity contribution in [3.05, 3.63) is 52.6 Å². The number of aryl methyl sites for hydroxylation is 1. The molecule has 1 unspecified atom stereocenters. The number of carbonyl (C=O) groups excluding carboxylic acids is 2. The lowest BCUT2D eigenvalue weighted by molar-refractivity contribution is 0.0697. The topological polar surface area (TPSA) is 99.3 Å². The predicted octanol–water partition coefficient (Wildman–Crippen LogP) is 2.56. The predicted molar refractivity (Wildman–Crippen MR) is 106 cm³/mol. The molecule has 2 heterocycles. The van der Waals surface area contributed by atoms with E-state index in [9.17, 15) is 22.4 Å². The maximum atomic E-state index is 13.4. The van der Waals surface area contributed by atoms with Crippen LogP contribution in [-0.2, 0) is 10.0 Å². The van der Waals surface area contributed by atoms with E-state index in [1.54, 1.807) is 18.7 Å². The van der Waals surface area contributed by atoms with Crippen molar-refractivity contribution < 1.29 is 22.4 Å². The van der Waals surface area contributed by atoms with Gasteiger partial charge in [0.1, 0.15) is 11.5 Å². The molecule has 1 aliphatic heterocycles. The van der Waals surface area contributed by atoms with Gasteiger partial charge in [0.15, 0.2) is 5.78 Å². The molecule has 29 heavy (non-hydrogen) atoms. The van der Waals surface area contributed by atoms with Crippen LogP contribution < -0.4 is 4.72 Å². The minimum Gasteiger partial charge on any atom is -0.354 e. The average Bonchev–Trinajstić information content (AvgIpc) is 2.95. The second-order valence-corrected chi connectivity index (χ2v) is 9.06. The van der Waals surface area contributed by atoms with Crippen LogP contribution in [0.4, 0.5) is 4.39 Å². The zero-order chi connectivity index (χ0) is 21.3. The molecule has 1 saturated heterocycles. The molecule has 0 spiro atoms. The summed E-state index contributed by atoms with van der Waals surface area (Å²) in [5.74, 6) is -1.02. The van der Waals surface area contributed by atoms with Gasteiger partial charge in [0.25, 0.3) is 5.91 Å². The molecule has 156 valence electrons. The fourth-order valence-corrected chi connectivity index (χ4v) is 5.12. The maximum Gasteiger partial charge on any atom is 0.270 e. The second-order valence-electron chi connectivity index (χ2n) is 7.35. The van der Waals surface area contributed by atoms with E-state index < -0.39 is 21.9 Å². The summed E-state index contributed by atoms with van der Waals surface area (Å²) in [5, 5.41) is 0. The first-order chi connectivity index (χ1) is 13.6. The quantitative estimate of drug-likeness (QED) is 0.725. The number of carbonyl (C=O) groups is 2. The summed E-state index contributed by atoms with van der Waals surface area (Å²) in [5.41, 5.74) is 2.09. The number of Topliss-reactive ketones (excluding diaryl/α,β-unsaturated/α-hetero) is 1. The van der Waals surface area contributed by atoms with Crippen LogP contribution in [0.5, 0.6) is 0 Å². The minimum atomic E-state index is -3.90. The molecular weight excluding hydrogens is 397 g/mol. The van der Waals surface area contributed by atoms with Gasteiger partial charge in [0, 0.05) is 30.4 Å². The van der Waals surface area contributed by atoms with Gasteiger partial charge < -0.3 is 9.88 Å². The molecular formula is C20H24FN3O4S. The van der Waals surface area contributed by atoms with Crippen molar-refractivity contribution in [2.24, 2.45) is 0 Å². The summed E-state index contributed by atoms with van der Waals surface area (Å²) in [4.78, 5) is 29.2. The SMILES string of the molecule is CC(=O)c1c(C)[nH]c(C(=O)N2CCCC(NS(=O)(=O)c3cccc(F)c3)C2)c1C. The first kappa shape index (κ1) is 21.2. The molecule has 2 N–H and O–H groups in total. The summed E-state index contributed by atoms with van der Waals surface area (Å²) in [6.07, 6.45) is 1.19. The molecule has 7 nitrogen and oxygen atoms in total. The normalized spacial score (nSPS) is 17.4. The number of nitrogens with zero attached hydrogens (tertiary/aromatic N) is 1. The number of halogens is 1. The smallest absolute Gasteiger partial charge is 0.270 e. The average molecular weight is 421 g/mol. The van der Waals surface area contributed by atoms with Crippen LogP contribution in [0.3, 0.4) is 0 Å². The lowest BCUT2D eigenvalue weighted by Crippen LogP contribution is -2.49. The number of ketones is 1. The van der Waals surface area contributed by atoms with Gasteiger partial charge >= 0.3 is 0 Å². The van der Waals surface area contributed by atoms with Crippen LogP contribution in [0.1, 0.15) is 51.9 Å². The largest absolute Gasteiger partial charge is 0.354 e. The summed E-state index contributed by atoms with van der Waals surface area (Å²) in [6, 6.07) is 4.32. The number of amides is 1. The van der Waals surface area contributed by atoms with Crippen LogP contribution in [-0.4, -0.2) is 49.1 Å². The molecule has 1 atom stereocenters. The van der Waals surface area contributed by atoms with Crippen LogP contribution in [0, 0.1) is 19.7 Å². The van der Waals surface area contributed by atoms with Gasteiger partial charge in [-0.3, -0.25) is 9.59 Å². The third kappa shape index (κ3) is 4.40. The molecule has 1 fully saturated rings. The number of piperidine rings is 1. The Balaban J connectivity index is 1.77. The number of rotatable bonds is 5. The number of hydrogen-bond acceptors (Lipinski definition) is 4. The highest BCUT2D eigenvalue weighted by Crippen LogP contribution is 2.22. The van der Waals surface area contributed by atoms with Crippen molar-refractivity contribution in [2.45, 2.75) is 44.6 Å². The molecule has 1 aliphatic rings. The summed E-state index contributed by atoms with van der Waals surface area (Å²) in [6.45, 7) is 5.61. The van der Waals surface area contributed by atoms with Gasteiger partial charge in [-0.15, -0.1) is 0 Å². The van der Waals surface area contributed by atoms with Crippen LogP contribution in [0.25, 0.3) is 0 Å². The number of likely N-dealkylation sites (tertiary alicyclic amines) is 1. The van der Waals surface area contributed by atoms with Crippen molar-refractivity contribution in [2.75, 3.05) is 13.1 Å². The highest BCUT2D eigenvalue weighted by molar-refractivity contribution is 7.89. The van der Waals surface area contributed by atoms with Crippen molar-refractivity contribution in [3.63, 3.8) is 0 Å². The Labute approximate surface area is 169 Å². The van der Waals surface area contributed by atoms with Crippen molar-refractivity contribution in [1.82, 2.24) is 14.6 Å². The van der Waals surface area contributed by atoms with Crippen LogP contribution in [0.2, 0.25) is 0 Å². The molecule has 1 aromatic heterocycles. The molecule has 1 amide bonds. The summed E-state index contributed by atoms with van der Waals surface area (Å²) < 4.78 is 41.1. The summed E-state index contributed by atoms with van der Waals surface area (Å²) in [7, 11) is -3.90. The second kappa shape index (κ2) is 8.08. The van der Waals surface area contributed by atoms with E-state index in [1.807, 2.05) is 0 Å². The molecule has 0 radical (unpaired) electrons. The van der Waals surface area contributed by atoms with E-state index in [2.05, 4.69) is 9.71 Å². The van der Waals surface area contributed by atoms with Gasteiger partial charge in [-0.25, -0.2) is 17.5 Å². The molecule has 1 aromatic carbocycles. The highest BCUT2D eigenvalue weighted by atomic mass is 32.2. The van der Waals surface area contributed by atoms with E-state index in [1.165, 1.54) is 25.1 Å². The highest BCUT2D eigenvalue weighted by Gasteiger charge is 2.30. The van der Waals surface area contributed by atoms with Crippen molar-refractivity contribution in [3.8, 4) is 0 Å². The molecule has 9 heteroatoms. The molecule has 2 aromatic rings. The fraction of sp³-hybridized carbons (Fsp3) is 0.400. The van der Waals surface area contributed by atoms with Crippen LogP contribution in [0.15, 0.2) is 29.2 Å². The third-order valence-corrected chi connectivity index (χ3v) is 6.66. The van der Waals surface area contributed by atoms with E-state index >= 15 is 0 Å². The lowest BCUT2D eigenvalue weighted by atomic mass is 10.0. The van der Waals surface area contributed by atoms with Crippen LogP contribution >= 0.6 is 0 Å². The number of aromatic nitrogens is 1. The van der Waals surface area contributed by atoms with E-state index in [0.717, 1.165) is 6.07 Å². The Kier molecular flexibility index (Phi) is 5.90. The zero-order valence-electron chi connectivity index (χ0n) is 16.6. The number of sulfonamides is 1. The molecule has 0 bridgehead atoms. The third-order valence-electron chi connectivity index (χ3n) is 5.14. The maximum absolute atomic E-state index is 13.4. The number of aromatic amines is 1. The Bertz CT molecular complexity index is 1060. The molecule has 0 saturated carbocycles.